The second-order valence-corrected chi connectivity index (χ2v) is 6.97. The lowest BCUT2D eigenvalue weighted by atomic mass is 10.2. The second-order valence-electron chi connectivity index (χ2n) is 6.09. The zero-order valence-corrected chi connectivity index (χ0v) is 17.3. The third kappa shape index (κ3) is 5.51. The van der Waals surface area contributed by atoms with Crippen molar-refractivity contribution in [3.8, 4) is 22.9 Å². The number of benzene rings is 2. The van der Waals surface area contributed by atoms with E-state index in [-0.39, 0.29) is 19.0 Å². The molecule has 0 spiro atoms. The van der Waals surface area contributed by atoms with Gasteiger partial charge in [0.1, 0.15) is 6.61 Å². The number of hydrogen-bond donors (Lipinski definition) is 0. The molecule has 0 N–H and O–H groups in total. The molecule has 0 aliphatic heterocycles. The van der Waals surface area contributed by atoms with E-state index in [0.717, 1.165) is 11.1 Å². The molecule has 0 atom stereocenters. The smallest absolute Gasteiger partial charge is 0.306 e. The van der Waals surface area contributed by atoms with E-state index in [2.05, 4.69) is 10.1 Å². The van der Waals surface area contributed by atoms with Gasteiger partial charge in [-0.2, -0.15) is 4.98 Å². The molecule has 1 heterocycles. The first-order valence-corrected chi connectivity index (χ1v) is 10.2. The lowest BCUT2D eigenvalue weighted by molar-refractivity contribution is -0.145. The summed E-state index contributed by atoms with van der Waals surface area (Å²) in [4.78, 5) is 17.5. The first-order valence-electron chi connectivity index (χ1n) is 8.96. The van der Waals surface area contributed by atoms with Gasteiger partial charge in [0.2, 0.25) is 11.7 Å². The Morgan fingerprint density at radius 1 is 1.07 bits per heavy atom. The van der Waals surface area contributed by atoms with Crippen molar-refractivity contribution in [3.05, 3.63) is 53.9 Å². The van der Waals surface area contributed by atoms with Gasteiger partial charge < -0.3 is 18.7 Å². The number of hydrogen-bond acceptors (Lipinski definition) is 8. The molecular formula is C21H22N2O5S. The predicted octanol–water partition coefficient (Wildman–Crippen LogP) is 4.15. The maximum absolute atomic E-state index is 12.0. The number of nitrogens with zero attached hydrogens (tertiary/aromatic N) is 2. The Morgan fingerprint density at radius 3 is 2.52 bits per heavy atom. The van der Waals surface area contributed by atoms with Crippen LogP contribution in [0.5, 0.6) is 11.5 Å². The Labute approximate surface area is 173 Å². The van der Waals surface area contributed by atoms with Crippen molar-refractivity contribution in [3.63, 3.8) is 0 Å². The summed E-state index contributed by atoms with van der Waals surface area (Å²) in [5, 5.41) is 3.97. The van der Waals surface area contributed by atoms with E-state index in [9.17, 15) is 4.79 Å². The summed E-state index contributed by atoms with van der Waals surface area (Å²) in [5.41, 5.74) is 1.68. The van der Waals surface area contributed by atoms with Crippen molar-refractivity contribution in [1.82, 2.24) is 10.1 Å². The van der Waals surface area contributed by atoms with Gasteiger partial charge in [0, 0.05) is 16.9 Å². The average Bonchev–Trinajstić information content (AvgIpc) is 3.25. The van der Waals surface area contributed by atoms with Crippen LogP contribution in [-0.2, 0) is 22.6 Å². The number of aryl methyl sites for hydroxylation is 1. The molecule has 8 heteroatoms. The van der Waals surface area contributed by atoms with Gasteiger partial charge in [0.05, 0.1) is 20.6 Å². The normalized spacial score (nSPS) is 10.6. The van der Waals surface area contributed by atoms with Crippen LogP contribution in [0.1, 0.15) is 17.9 Å². The van der Waals surface area contributed by atoms with Gasteiger partial charge in [-0.15, -0.1) is 11.8 Å². The number of methoxy groups -OCH3 is 2. The molecule has 0 aliphatic rings. The van der Waals surface area contributed by atoms with Crippen molar-refractivity contribution >= 4 is 17.7 Å². The summed E-state index contributed by atoms with van der Waals surface area (Å²) in [6.45, 7) is 0.244. The molecular weight excluding hydrogens is 392 g/mol. The van der Waals surface area contributed by atoms with Gasteiger partial charge in [-0.3, -0.25) is 4.79 Å². The van der Waals surface area contributed by atoms with Crippen LogP contribution in [0.4, 0.5) is 0 Å². The highest BCUT2D eigenvalue weighted by molar-refractivity contribution is 7.98. The molecule has 3 rings (SSSR count). The maximum atomic E-state index is 12.0. The highest BCUT2D eigenvalue weighted by Crippen LogP contribution is 2.31. The van der Waals surface area contributed by atoms with Crippen molar-refractivity contribution < 1.29 is 23.5 Å². The molecule has 1 aromatic heterocycles. The van der Waals surface area contributed by atoms with E-state index in [1.54, 1.807) is 38.1 Å². The zero-order valence-electron chi connectivity index (χ0n) is 16.5. The highest BCUT2D eigenvalue weighted by Gasteiger charge is 2.14. The van der Waals surface area contributed by atoms with Crippen LogP contribution in [0.3, 0.4) is 0 Å². The van der Waals surface area contributed by atoms with Crippen molar-refractivity contribution in [1.29, 1.82) is 0 Å². The summed E-state index contributed by atoms with van der Waals surface area (Å²) in [5.74, 6) is 1.67. The van der Waals surface area contributed by atoms with Crippen LogP contribution in [-0.4, -0.2) is 36.6 Å². The quantitative estimate of drug-likeness (QED) is 0.381. The summed E-state index contributed by atoms with van der Waals surface area (Å²) < 4.78 is 21.1. The molecule has 0 aliphatic carbocycles. The van der Waals surface area contributed by atoms with E-state index in [4.69, 9.17) is 18.7 Å². The minimum Gasteiger partial charge on any atom is -0.493 e. The predicted molar refractivity (Wildman–Crippen MR) is 109 cm³/mol. The fourth-order valence-corrected chi connectivity index (χ4v) is 3.02. The van der Waals surface area contributed by atoms with Gasteiger partial charge >= 0.3 is 5.97 Å². The first-order chi connectivity index (χ1) is 14.1. The van der Waals surface area contributed by atoms with Crippen LogP contribution in [0, 0.1) is 0 Å². The Bertz CT molecular complexity index is 956. The Morgan fingerprint density at radius 2 is 1.83 bits per heavy atom. The molecule has 29 heavy (non-hydrogen) atoms. The Balaban J connectivity index is 1.52. The number of rotatable bonds is 9. The number of carbonyl (C=O) groups excluding carboxylic acids is 1. The first kappa shape index (κ1) is 20.7. The van der Waals surface area contributed by atoms with Crippen molar-refractivity contribution in [2.24, 2.45) is 0 Å². The molecule has 0 bridgehead atoms. The fraction of sp³-hybridized carbons (Fsp3) is 0.286. The molecule has 0 saturated heterocycles. The standard InChI is InChI=1S/C21H22N2O5S/c1-25-17-9-6-15(12-18(17)26-2)21-22-19(28-23-21)10-11-20(24)27-13-14-4-7-16(29-3)8-5-14/h4-9,12H,10-11,13H2,1-3H3. The Hall–Kier alpha value is -3.00. The molecule has 7 nitrogen and oxygen atoms in total. The van der Waals surface area contributed by atoms with Crippen molar-refractivity contribution in [2.75, 3.05) is 20.5 Å². The third-order valence-electron chi connectivity index (χ3n) is 4.21. The van der Waals surface area contributed by atoms with Gasteiger partial charge in [0.15, 0.2) is 11.5 Å². The minimum absolute atomic E-state index is 0.163. The lowest BCUT2D eigenvalue weighted by Gasteiger charge is -2.07. The molecule has 152 valence electrons. The number of thioether (sulfide) groups is 1. The molecule has 0 saturated carbocycles. The van der Waals surface area contributed by atoms with Gasteiger partial charge in [-0.05, 0) is 42.2 Å². The minimum atomic E-state index is -0.315. The van der Waals surface area contributed by atoms with E-state index in [1.165, 1.54) is 4.90 Å². The molecule has 0 amide bonds. The van der Waals surface area contributed by atoms with Gasteiger partial charge in [0.25, 0.3) is 0 Å². The largest absolute Gasteiger partial charge is 0.493 e. The average molecular weight is 414 g/mol. The molecule has 2 aromatic carbocycles. The van der Waals surface area contributed by atoms with Crippen LogP contribution in [0.2, 0.25) is 0 Å². The molecule has 3 aromatic rings. The zero-order chi connectivity index (χ0) is 20.6. The van der Waals surface area contributed by atoms with E-state index >= 15 is 0 Å². The van der Waals surface area contributed by atoms with Crippen LogP contribution in [0.15, 0.2) is 51.9 Å². The summed E-state index contributed by atoms with van der Waals surface area (Å²) in [6.07, 6.45) is 2.49. The number of carbonyl (C=O) groups is 1. The molecule has 0 unspecified atom stereocenters. The summed E-state index contributed by atoms with van der Waals surface area (Å²) in [7, 11) is 3.13. The molecule has 0 fully saturated rings. The highest BCUT2D eigenvalue weighted by atomic mass is 32.2. The lowest BCUT2D eigenvalue weighted by Crippen LogP contribution is -2.06. The van der Waals surface area contributed by atoms with Crippen LogP contribution in [0.25, 0.3) is 11.4 Å². The maximum Gasteiger partial charge on any atom is 0.306 e. The topological polar surface area (TPSA) is 83.7 Å². The molecule has 0 radical (unpaired) electrons. The van der Waals surface area contributed by atoms with Gasteiger partial charge in [-0.1, -0.05) is 17.3 Å². The number of aromatic nitrogens is 2. The Kier molecular flexibility index (Phi) is 7.13. The SMILES string of the molecule is COc1ccc(-c2noc(CCC(=O)OCc3ccc(SC)cc3)n2)cc1OC. The van der Waals surface area contributed by atoms with E-state index < -0.39 is 0 Å². The monoisotopic (exact) mass is 414 g/mol. The number of esters is 1. The van der Waals surface area contributed by atoms with Crippen LogP contribution < -0.4 is 9.47 Å². The number of ether oxygens (including phenoxy) is 3. The fourth-order valence-electron chi connectivity index (χ4n) is 2.62. The van der Waals surface area contributed by atoms with Gasteiger partial charge in [-0.25, -0.2) is 0 Å². The summed E-state index contributed by atoms with van der Waals surface area (Å²) in [6, 6.07) is 13.3. The van der Waals surface area contributed by atoms with E-state index in [1.807, 2.05) is 36.6 Å². The third-order valence-corrected chi connectivity index (χ3v) is 4.96. The summed E-state index contributed by atoms with van der Waals surface area (Å²) >= 11 is 1.67. The van der Waals surface area contributed by atoms with E-state index in [0.29, 0.717) is 29.6 Å². The second kappa shape index (κ2) is 9.97. The van der Waals surface area contributed by atoms with Crippen molar-refractivity contribution in [2.45, 2.75) is 24.3 Å². The van der Waals surface area contributed by atoms with Crippen LogP contribution >= 0.6 is 11.8 Å².